The van der Waals surface area contributed by atoms with Crippen LogP contribution >= 0.6 is 27.5 Å². The van der Waals surface area contributed by atoms with Gasteiger partial charge in [-0.25, -0.2) is 4.39 Å². The largest absolute Gasteiger partial charge is 0.508 e. The van der Waals surface area contributed by atoms with Crippen LogP contribution in [0.3, 0.4) is 0 Å². The Morgan fingerprint density at radius 3 is 2.68 bits per heavy atom. The minimum Gasteiger partial charge on any atom is -0.508 e. The molecule has 2 N–H and O–H groups in total. The van der Waals surface area contributed by atoms with Crippen molar-refractivity contribution in [1.29, 1.82) is 0 Å². The molecule has 0 saturated heterocycles. The zero-order chi connectivity index (χ0) is 14.0. The summed E-state index contributed by atoms with van der Waals surface area (Å²) in [6, 6.07) is 8.99. The normalized spacial score (nSPS) is 12.2. The molecular weight excluding hydrogens is 333 g/mol. The SMILES string of the molecule is CC(Nc1ccc(Cl)cc1Br)c1cc(F)ccc1O. The van der Waals surface area contributed by atoms with Gasteiger partial charge in [0.05, 0.1) is 6.04 Å². The second kappa shape index (κ2) is 5.80. The van der Waals surface area contributed by atoms with Gasteiger partial charge in [0.25, 0.3) is 0 Å². The highest BCUT2D eigenvalue weighted by Crippen LogP contribution is 2.32. The van der Waals surface area contributed by atoms with Gasteiger partial charge in [0.15, 0.2) is 0 Å². The molecule has 0 amide bonds. The minimum atomic E-state index is -0.378. The summed E-state index contributed by atoms with van der Waals surface area (Å²) in [5.74, 6) is -0.317. The zero-order valence-corrected chi connectivity index (χ0v) is 12.5. The smallest absolute Gasteiger partial charge is 0.123 e. The van der Waals surface area contributed by atoms with Gasteiger partial charge < -0.3 is 10.4 Å². The Morgan fingerprint density at radius 1 is 1.26 bits per heavy atom. The van der Waals surface area contributed by atoms with E-state index in [1.807, 2.05) is 13.0 Å². The van der Waals surface area contributed by atoms with Crippen molar-refractivity contribution in [2.24, 2.45) is 0 Å². The molecule has 1 atom stereocenters. The molecule has 2 aromatic rings. The molecule has 100 valence electrons. The number of hydrogen-bond donors (Lipinski definition) is 2. The minimum absolute atomic E-state index is 0.0616. The van der Waals surface area contributed by atoms with E-state index in [9.17, 15) is 9.50 Å². The van der Waals surface area contributed by atoms with Crippen LogP contribution in [0.15, 0.2) is 40.9 Å². The fraction of sp³-hybridized carbons (Fsp3) is 0.143. The van der Waals surface area contributed by atoms with Crippen molar-refractivity contribution < 1.29 is 9.50 Å². The monoisotopic (exact) mass is 343 g/mol. The second-order valence-electron chi connectivity index (χ2n) is 4.19. The predicted molar refractivity (Wildman–Crippen MR) is 79.3 cm³/mol. The lowest BCUT2D eigenvalue weighted by Gasteiger charge is -2.18. The maximum atomic E-state index is 13.2. The standard InChI is InChI=1S/C14H12BrClFNO/c1-8(11-7-10(17)3-5-14(11)19)18-13-4-2-9(16)6-12(13)15/h2-8,18-19H,1H3. The van der Waals surface area contributed by atoms with E-state index < -0.39 is 0 Å². The number of rotatable bonds is 3. The Morgan fingerprint density at radius 2 is 2.00 bits per heavy atom. The highest BCUT2D eigenvalue weighted by Gasteiger charge is 2.12. The molecule has 0 saturated carbocycles. The van der Waals surface area contributed by atoms with Crippen LogP contribution in [0, 0.1) is 5.82 Å². The van der Waals surface area contributed by atoms with Crippen molar-refractivity contribution in [3.05, 3.63) is 57.3 Å². The molecule has 2 aromatic carbocycles. The highest BCUT2D eigenvalue weighted by molar-refractivity contribution is 9.10. The molecule has 2 nitrogen and oxygen atoms in total. The van der Waals surface area contributed by atoms with Crippen LogP contribution in [0.1, 0.15) is 18.5 Å². The average Bonchev–Trinajstić information content (AvgIpc) is 2.35. The summed E-state index contributed by atoms with van der Waals surface area (Å²) in [7, 11) is 0. The third-order valence-electron chi connectivity index (χ3n) is 2.76. The van der Waals surface area contributed by atoms with Gasteiger partial charge in [0.2, 0.25) is 0 Å². The van der Waals surface area contributed by atoms with Crippen LogP contribution in [0.25, 0.3) is 0 Å². The average molecular weight is 345 g/mol. The van der Waals surface area contributed by atoms with Crippen LogP contribution < -0.4 is 5.32 Å². The fourth-order valence-corrected chi connectivity index (χ4v) is 2.59. The predicted octanol–water partition coefficient (Wildman–Crippen LogP) is 5.12. The molecule has 0 fully saturated rings. The second-order valence-corrected chi connectivity index (χ2v) is 5.48. The van der Waals surface area contributed by atoms with E-state index in [-0.39, 0.29) is 17.6 Å². The zero-order valence-electron chi connectivity index (χ0n) is 10.1. The third kappa shape index (κ3) is 3.39. The number of nitrogens with one attached hydrogen (secondary N) is 1. The summed E-state index contributed by atoms with van der Waals surface area (Å²) in [4.78, 5) is 0. The summed E-state index contributed by atoms with van der Waals surface area (Å²) < 4.78 is 14.0. The first-order chi connectivity index (χ1) is 8.97. The van der Waals surface area contributed by atoms with Crippen molar-refractivity contribution in [3.63, 3.8) is 0 Å². The van der Waals surface area contributed by atoms with Crippen molar-refractivity contribution in [1.82, 2.24) is 0 Å². The quantitative estimate of drug-likeness (QED) is 0.810. The molecule has 0 spiro atoms. The molecule has 0 aromatic heterocycles. The van der Waals surface area contributed by atoms with E-state index in [4.69, 9.17) is 11.6 Å². The molecule has 0 bridgehead atoms. The Kier molecular flexibility index (Phi) is 4.32. The Bertz CT molecular complexity index is 606. The third-order valence-corrected chi connectivity index (χ3v) is 3.65. The molecule has 0 heterocycles. The molecule has 0 aliphatic rings. The van der Waals surface area contributed by atoms with Crippen molar-refractivity contribution in [2.45, 2.75) is 13.0 Å². The van der Waals surface area contributed by atoms with E-state index in [0.717, 1.165) is 10.2 Å². The van der Waals surface area contributed by atoms with Gasteiger partial charge in [-0.05, 0) is 59.3 Å². The Hall–Kier alpha value is -1.26. The van der Waals surface area contributed by atoms with Gasteiger partial charge in [-0.3, -0.25) is 0 Å². The maximum absolute atomic E-state index is 13.2. The van der Waals surface area contributed by atoms with Gasteiger partial charge in [-0.15, -0.1) is 0 Å². The molecule has 0 radical (unpaired) electrons. The summed E-state index contributed by atoms with van der Waals surface area (Å²) in [5.41, 5.74) is 1.32. The van der Waals surface area contributed by atoms with E-state index in [1.165, 1.54) is 18.2 Å². The first-order valence-corrected chi connectivity index (χ1v) is 6.84. The van der Waals surface area contributed by atoms with Crippen LogP contribution in [-0.4, -0.2) is 5.11 Å². The lowest BCUT2D eigenvalue weighted by atomic mass is 10.1. The molecular formula is C14H12BrClFNO. The fourth-order valence-electron chi connectivity index (χ4n) is 1.79. The van der Waals surface area contributed by atoms with Gasteiger partial charge in [0, 0.05) is 20.7 Å². The van der Waals surface area contributed by atoms with Crippen molar-refractivity contribution >= 4 is 33.2 Å². The van der Waals surface area contributed by atoms with Crippen LogP contribution in [-0.2, 0) is 0 Å². The lowest BCUT2D eigenvalue weighted by molar-refractivity contribution is 0.462. The maximum Gasteiger partial charge on any atom is 0.123 e. The summed E-state index contributed by atoms with van der Waals surface area (Å²) in [5, 5.41) is 13.6. The topological polar surface area (TPSA) is 32.3 Å². The number of phenolic OH excluding ortho intramolecular Hbond substituents is 1. The van der Waals surface area contributed by atoms with Gasteiger partial charge >= 0.3 is 0 Å². The van der Waals surface area contributed by atoms with Crippen molar-refractivity contribution in [2.75, 3.05) is 5.32 Å². The van der Waals surface area contributed by atoms with E-state index in [2.05, 4.69) is 21.2 Å². The number of phenols is 1. The first kappa shape index (κ1) is 14.2. The summed E-state index contributed by atoms with van der Waals surface area (Å²) in [6.07, 6.45) is 0. The first-order valence-electron chi connectivity index (χ1n) is 5.67. The number of anilines is 1. The number of benzene rings is 2. The van der Waals surface area contributed by atoms with Crippen LogP contribution in [0.2, 0.25) is 5.02 Å². The van der Waals surface area contributed by atoms with E-state index in [0.29, 0.717) is 10.6 Å². The number of hydrogen-bond acceptors (Lipinski definition) is 2. The van der Waals surface area contributed by atoms with Gasteiger partial charge in [-0.1, -0.05) is 11.6 Å². The van der Waals surface area contributed by atoms with E-state index in [1.54, 1.807) is 12.1 Å². The van der Waals surface area contributed by atoms with Crippen LogP contribution in [0.4, 0.5) is 10.1 Å². The van der Waals surface area contributed by atoms with E-state index >= 15 is 0 Å². The number of halogens is 3. The van der Waals surface area contributed by atoms with Crippen molar-refractivity contribution in [3.8, 4) is 5.75 Å². The molecule has 19 heavy (non-hydrogen) atoms. The van der Waals surface area contributed by atoms with Crippen LogP contribution in [0.5, 0.6) is 5.75 Å². The Labute approximate surface area is 124 Å². The Balaban J connectivity index is 2.25. The molecule has 1 unspecified atom stereocenters. The molecule has 0 aliphatic carbocycles. The lowest BCUT2D eigenvalue weighted by Crippen LogP contribution is -2.07. The summed E-state index contributed by atoms with van der Waals surface area (Å²) in [6.45, 7) is 1.84. The highest BCUT2D eigenvalue weighted by atomic mass is 79.9. The van der Waals surface area contributed by atoms with Gasteiger partial charge in [0.1, 0.15) is 11.6 Å². The summed E-state index contributed by atoms with van der Waals surface area (Å²) >= 11 is 9.27. The molecule has 5 heteroatoms. The number of aromatic hydroxyl groups is 1. The van der Waals surface area contributed by atoms with Gasteiger partial charge in [-0.2, -0.15) is 0 Å². The molecule has 2 rings (SSSR count). The molecule has 0 aliphatic heterocycles.